The minimum atomic E-state index is -0.307. The Morgan fingerprint density at radius 1 is 1.00 bits per heavy atom. The van der Waals surface area contributed by atoms with Gasteiger partial charge in [-0.3, -0.25) is 14.4 Å². The number of anilines is 1. The summed E-state index contributed by atoms with van der Waals surface area (Å²) in [6.07, 6.45) is 6.49. The summed E-state index contributed by atoms with van der Waals surface area (Å²) in [5.41, 5.74) is 2.29. The molecule has 36 heavy (non-hydrogen) atoms. The van der Waals surface area contributed by atoms with Crippen molar-refractivity contribution in [1.82, 2.24) is 5.01 Å². The van der Waals surface area contributed by atoms with Crippen molar-refractivity contribution in [1.29, 1.82) is 0 Å². The molecule has 6 rings (SSSR count). The number of carbonyl (C=O) groups is 3. The van der Waals surface area contributed by atoms with Crippen LogP contribution < -0.4 is 10.1 Å². The van der Waals surface area contributed by atoms with Crippen LogP contribution in [0.25, 0.3) is 10.8 Å². The molecule has 0 spiro atoms. The predicted molar refractivity (Wildman–Crippen MR) is 136 cm³/mol. The third-order valence-electron chi connectivity index (χ3n) is 7.46. The highest BCUT2D eigenvalue weighted by atomic mass is 16.5. The highest BCUT2D eigenvalue weighted by molar-refractivity contribution is 6.08. The Hall–Kier alpha value is -4.26. The summed E-state index contributed by atoms with van der Waals surface area (Å²) in [6, 6.07) is 18.9. The van der Waals surface area contributed by atoms with Crippen LogP contribution in [0.3, 0.4) is 0 Å². The van der Waals surface area contributed by atoms with Crippen molar-refractivity contribution >= 4 is 40.4 Å². The van der Waals surface area contributed by atoms with Gasteiger partial charge in [0.2, 0.25) is 0 Å². The summed E-state index contributed by atoms with van der Waals surface area (Å²) >= 11 is 0. The van der Waals surface area contributed by atoms with E-state index in [1.165, 1.54) is 6.21 Å². The van der Waals surface area contributed by atoms with Gasteiger partial charge in [-0.25, -0.2) is 0 Å². The molecule has 7 heteroatoms. The lowest BCUT2D eigenvalue weighted by molar-refractivity contribution is -0.140. The number of allylic oxidation sites excluding steroid dienone is 2. The van der Waals surface area contributed by atoms with Crippen LogP contribution in [-0.2, 0) is 14.4 Å². The Morgan fingerprint density at radius 3 is 2.44 bits per heavy atom. The molecule has 2 bridgehead atoms. The molecular weight excluding hydrogens is 454 g/mol. The van der Waals surface area contributed by atoms with Gasteiger partial charge in [-0.05, 0) is 53.6 Å². The fourth-order valence-corrected chi connectivity index (χ4v) is 5.69. The zero-order chi connectivity index (χ0) is 24.8. The number of amides is 3. The van der Waals surface area contributed by atoms with Crippen molar-refractivity contribution in [2.45, 2.75) is 13.3 Å². The van der Waals surface area contributed by atoms with E-state index < -0.39 is 0 Å². The second-order valence-electron chi connectivity index (χ2n) is 9.58. The Kier molecular flexibility index (Phi) is 5.40. The number of para-hydroxylation sites is 1. The van der Waals surface area contributed by atoms with Crippen molar-refractivity contribution in [3.63, 3.8) is 0 Å². The first kappa shape index (κ1) is 22.2. The molecule has 1 saturated heterocycles. The monoisotopic (exact) mass is 479 g/mol. The van der Waals surface area contributed by atoms with Crippen LogP contribution in [0, 0.1) is 30.6 Å². The molecule has 2 fully saturated rings. The lowest BCUT2D eigenvalue weighted by Gasteiger charge is -2.14. The number of ether oxygens (including phenoxy) is 1. The molecule has 3 aliphatic rings. The Morgan fingerprint density at radius 2 is 1.69 bits per heavy atom. The van der Waals surface area contributed by atoms with Crippen molar-refractivity contribution in [2.24, 2.45) is 28.8 Å². The summed E-state index contributed by atoms with van der Waals surface area (Å²) in [7, 11) is 0. The van der Waals surface area contributed by atoms with Gasteiger partial charge in [0.1, 0.15) is 5.75 Å². The van der Waals surface area contributed by atoms with E-state index in [9.17, 15) is 14.4 Å². The van der Waals surface area contributed by atoms with Crippen LogP contribution >= 0.6 is 0 Å². The molecule has 3 aromatic carbocycles. The van der Waals surface area contributed by atoms with E-state index in [2.05, 4.69) is 22.6 Å². The van der Waals surface area contributed by atoms with E-state index >= 15 is 0 Å². The number of nitrogens with one attached hydrogen (secondary N) is 1. The summed E-state index contributed by atoms with van der Waals surface area (Å²) in [4.78, 5) is 38.7. The number of imide groups is 1. The van der Waals surface area contributed by atoms with Gasteiger partial charge in [-0.15, -0.1) is 0 Å². The van der Waals surface area contributed by atoms with E-state index in [1.807, 2.05) is 61.5 Å². The fourth-order valence-electron chi connectivity index (χ4n) is 5.69. The second kappa shape index (κ2) is 8.75. The highest BCUT2D eigenvalue weighted by Crippen LogP contribution is 2.52. The van der Waals surface area contributed by atoms with Crippen molar-refractivity contribution in [2.75, 3.05) is 11.9 Å². The number of aryl methyl sites for hydroxylation is 1. The average Bonchev–Trinajstić information content (AvgIpc) is 3.57. The Balaban J connectivity index is 1.25. The summed E-state index contributed by atoms with van der Waals surface area (Å²) in [6.45, 7) is 1.72. The van der Waals surface area contributed by atoms with Gasteiger partial charge in [-0.2, -0.15) is 10.1 Å². The van der Waals surface area contributed by atoms with E-state index in [1.54, 1.807) is 6.07 Å². The quantitative estimate of drug-likeness (QED) is 0.324. The number of nitrogens with zero attached hydrogens (tertiary/aromatic N) is 2. The zero-order valence-electron chi connectivity index (χ0n) is 19.8. The molecule has 0 aromatic heterocycles. The molecule has 3 amide bonds. The summed E-state index contributed by atoms with van der Waals surface area (Å²) < 4.78 is 5.91. The van der Waals surface area contributed by atoms with Crippen molar-refractivity contribution in [3.05, 3.63) is 83.9 Å². The molecule has 180 valence electrons. The van der Waals surface area contributed by atoms with E-state index in [0.29, 0.717) is 11.3 Å². The molecular formula is C29H25N3O4. The van der Waals surface area contributed by atoms with E-state index in [-0.39, 0.29) is 48.0 Å². The topological polar surface area (TPSA) is 88.1 Å². The lowest BCUT2D eigenvalue weighted by atomic mass is 9.85. The summed E-state index contributed by atoms with van der Waals surface area (Å²) in [5.74, 6) is -0.688. The van der Waals surface area contributed by atoms with Crippen LogP contribution in [-0.4, -0.2) is 35.6 Å². The van der Waals surface area contributed by atoms with Crippen LogP contribution in [0.5, 0.6) is 5.75 Å². The predicted octanol–water partition coefficient (Wildman–Crippen LogP) is 4.31. The van der Waals surface area contributed by atoms with Crippen molar-refractivity contribution in [3.8, 4) is 5.75 Å². The lowest BCUT2D eigenvalue weighted by Crippen LogP contribution is -2.28. The average molecular weight is 480 g/mol. The van der Waals surface area contributed by atoms with Gasteiger partial charge in [0.25, 0.3) is 17.7 Å². The molecule has 0 unspecified atom stereocenters. The zero-order valence-corrected chi connectivity index (χ0v) is 19.8. The van der Waals surface area contributed by atoms with Crippen LogP contribution in [0.2, 0.25) is 0 Å². The largest absolute Gasteiger partial charge is 0.483 e. The maximum absolute atomic E-state index is 13.0. The smallest absolute Gasteiger partial charge is 0.262 e. The number of hydrazone groups is 1. The number of rotatable bonds is 6. The number of hydrogen-bond acceptors (Lipinski definition) is 5. The molecule has 1 N–H and O–H groups in total. The van der Waals surface area contributed by atoms with Gasteiger partial charge >= 0.3 is 0 Å². The molecule has 3 aromatic rings. The number of hydrogen-bond donors (Lipinski definition) is 1. The maximum Gasteiger partial charge on any atom is 0.262 e. The van der Waals surface area contributed by atoms with Crippen LogP contribution in [0.4, 0.5) is 5.69 Å². The van der Waals surface area contributed by atoms with Crippen molar-refractivity contribution < 1.29 is 19.1 Å². The minimum Gasteiger partial charge on any atom is -0.483 e. The standard InChI is InChI=1S/C29H25N3O4/c1-17-6-2-5-9-23(17)31-25(33)16-36-24-13-12-18-7-3-4-8-21(18)22(24)15-30-32-28(34)26-19-10-11-20(14-19)27(26)29(32)35/h2-13,15,19-20,26-27H,14,16H2,1H3,(H,31,33)/t19-,20-,26-,27+/m0/s1. The molecule has 1 saturated carbocycles. The molecule has 1 aliphatic heterocycles. The molecule has 0 radical (unpaired) electrons. The number of fused-ring (bicyclic) bond motifs is 6. The minimum absolute atomic E-state index is 0.125. The van der Waals surface area contributed by atoms with Crippen LogP contribution in [0.15, 0.2) is 77.9 Å². The first-order valence-corrected chi connectivity index (χ1v) is 12.1. The Labute approximate surface area is 208 Å². The SMILES string of the molecule is Cc1ccccc1NC(=O)COc1ccc2ccccc2c1C=NN1C(=O)[C@@H]2[C@H](C1=O)[C@H]1C=C[C@H]2C1. The second-order valence-corrected chi connectivity index (χ2v) is 9.58. The molecule has 2 aliphatic carbocycles. The third-order valence-corrected chi connectivity index (χ3v) is 7.46. The van der Waals surface area contributed by atoms with Gasteiger partial charge in [0.15, 0.2) is 6.61 Å². The van der Waals surface area contributed by atoms with Gasteiger partial charge in [0, 0.05) is 11.3 Å². The van der Waals surface area contributed by atoms with E-state index in [0.717, 1.165) is 33.5 Å². The van der Waals surface area contributed by atoms with E-state index in [4.69, 9.17) is 4.74 Å². The highest BCUT2D eigenvalue weighted by Gasteiger charge is 2.59. The number of carbonyl (C=O) groups excluding carboxylic acids is 3. The molecule has 4 atom stereocenters. The fraction of sp³-hybridized carbons (Fsp3) is 0.241. The first-order chi connectivity index (χ1) is 17.5. The first-order valence-electron chi connectivity index (χ1n) is 12.1. The third kappa shape index (κ3) is 3.68. The normalized spacial score (nSPS) is 24.2. The summed E-state index contributed by atoms with van der Waals surface area (Å²) in [5, 5.41) is 10.0. The van der Waals surface area contributed by atoms with Gasteiger partial charge in [-0.1, -0.05) is 60.7 Å². The van der Waals surface area contributed by atoms with Gasteiger partial charge < -0.3 is 10.1 Å². The Bertz CT molecular complexity index is 1430. The van der Waals surface area contributed by atoms with Crippen LogP contribution in [0.1, 0.15) is 17.5 Å². The molecule has 7 nitrogen and oxygen atoms in total. The maximum atomic E-state index is 13.0. The van der Waals surface area contributed by atoms with Gasteiger partial charge in [0.05, 0.1) is 18.1 Å². The molecule has 1 heterocycles. The number of benzene rings is 3.